The van der Waals surface area contributed by atoms with Crippen LogP contribution in [0.5, 0.6) is 0 Å². The first-order valence-electron chi connectivity index (χ1n) is 9.46. The molecular formula is C19H39N. The Bertz CT molecular complexity index is 218. The minimum atomic E-state index is 0.780. The lowest BCUT2D eigenvalue weighted by atomic mass is 9.73. The van der Waals surface area contributed by atoms with Gasteiger partial charge >= 0.3 is 0 Å². The Kier molecular flexibility index (Phi) is 9.59. The van der Waals surface area contributed by atoms with E-state index >= 15 is 0 Å². The first-order valence-corrected chi connectivity index (χ1v) is 9.46. The van der Waals surface area contributed by atoms with Gasteiger partial charge in [0.1, 0.15) is 0 Å². The van der Waals surface area contributed by atoms with E-state index in [0.29, 0.717) is 0 Å². The van der Waals surface area contributed by atoms with E-state index in [1.165, 1.54) is 70.8 Å². The highest BCUT2D eigenvalue weighted by molar-refractivity contribution is 4.85. The first kappa shape index (κ1) is 18.0. The highest BCUT2D eigenvalue weighted by Crippen LogP contribution is 2.36. The fourth-order valence-electron chi connectivity index (χ4n) is 4.11. The van der Waals surface area contributed by atoms with Gasteiger partial charge < -0.3 is 5.32 Å². The molecule has 0 amide bonds. The predicted octanol–water partition coefficient (Wildman–Crippen LogP) is 5.79. The molecule has 0 aromatic heterocycles. The van der Waals surface area contributed by atoms with E-state index in [0.717, 1.165) is 23.8 Å². The van der Waals surface area contributed by atoms with Gasteiger partial charge in [0, 0.05) is 6.04 Å². The van der Waals surface area contributed by atoms with Crippen LogP contribution in [0.3, 0.4) is 0 Å². The number of unbranched alkanes of at least 4 members (excludes halogenated alkanes) is 1. The van der Waals surface area contributed by atoms with Crippen LogP contribution in [-0.4, -0.2) is 12.6 Å². The number of rotatable bonds is 10. The van der Waals surface area contributed by atoms with Gasteiger partial charge in [-0.2, -0.15) is 0 Å². The maximum absolute atomic E-state index is 3.88. The fourth-order valence-corrected chi connectivity index (χ4v) is 4.11. The summed E-state index contributed by atoms with van der Waals surface area (Å²) in [6.45, 7) is 10.6. The van der Waals surface area contributed by atoms with Crippen molar-refractivity contribution in [2.24, 2.45) is 17.8 Å². The second-order valence-electron chi connectivity index (χ2n) is 7.17. The van der Waals surface area contributed by atoms with Crippen molar-refractivity contribution in [3.63, 3.8) is 0 Å². The Balaban J connectivity index is 2.43. The summed E-state index contributed by atoms with van der Waals surface area (Å²) in [5.74, 6) is 2.84. The van der Waals surface area contributed by atoms with E-state index in [4.69, 9.17) is 0 Å². The van der Waals surface area contributed by atoms with Gasteiger partial charge in [-0.25, -0.2) is 0 Å². The number of hydrogen-bond donors (Lipinski definition) is 1. The Hall–Kier alpha value is -0.0400. The van der Waals surface area contributed by atoms with Gasteiger partial charge in [-0.15, -0.1) is 0 Å². The van der Waals surface area contributed by atoms with E-state index in [-0.39, 0.29) is 0 Å². The third-order valence-electron chi connectivity index (χ3n) is 5.35. The van der Waals surface area contributed by atoms with Crippen molar-refractivity contribution >= 4 is 0 Å². The van der Waals surface area contributed by atoms with Crippen LogP contribution >= 0.6 is 0 Å². The van der Waals surface area contributed by atoms with Gasteiger partial charge in [0.15, 0.2) is 0 Å². The lowest BCUT2D eigenvalue weighted by molar-refractivity contribution is 0.173. The molecular weight excluding hydrogens is 242 g/mol. The maximum Gasteiger partial charge on any atom is 0.0121 e. The van der Waals surface area contributed by atoms with E-state index in [1.807, 2.05) is 0 Å². The zero-order valence-corrected chi connectivity index (χ0v) is 14.6. The molecule has 1 aliphatic carbocycles. The average Bonchev–Trinajstić information content (AvgIpc) is 2.47. The predicted molar refractivity (Wildman–Crippen MR) is 91.1 cm³/mol. The molecule has 1 rings (SSSR count). The van der Waals surface area contributed by atoms with Crippen molar-refractivity contribution in [1.29, 1.82) is 0 Å². The zero-order chi connectivity index (χ0) is 14.8. The van der Waals surface area contributed by atoms with Crippen LogP contribution in [0.4, 0.5) is 0 Å². The molecule has 1 nitrogen and oxygen atoms in total. The minimum Gasteiger partial charge on any atom is -0.313 e. The second kappa shape index (κ2) is 10.7. The minimum absolute atomic E-state index is 0.780. The van der Waals surface area contributed by atoms with Crippen LogP contribution in [-0.2, 0) is 0 Å². The van der Waals surface area contributed by atoms with Crippen LogP contribution in [0.25, 0.3) is 0 Å². The molecule has 0 aromatic rings. The summed E-state index contributed by atoms with van der Waals surface area (Å²) >= 11 is 0. The third-order valence-corrected chi connectivity index (χ3v) is 5.35. The standard InChI is InChI=1S/C19H39N/c1-5-8-10-17-11-13-18(14-12-17)19(20-15-7-3)16(4)9-6-2/h16-20H,5-15H2,1-4H3. The van der Waals surface area contributed by atoms with Crippen LogP contribution in [0.1, 0.15) is 91.9 Å². The van der Waals surface area contributed by atoms with Crippen molar-refractivity contribution in [3.05, 3.63) is 0 Å². The van der Waals surface area contributed by atoms with Crippen LogP contribution < -0.4 is 5.32 Å². The zero-order valence-electron chi connectivity index (χ0n) is 14.6. The number of nitrogens with one attached hydrogen (secondary N) is 1. The van der Waals surface area contributed by atoms with E-state index < -0.39 is 0 Å². The number of hydrogen-bond acceptors (Lipinski definition) is 1. The third kappa shape index (κ3) is 6.16. The Morgan fingerprint density at radius 1 is 0.950 bits per heavy atom. The topological polar surface area (TPSA) is 12.0 Å². The fraction of sp³-hybridized carbons (Fsp3) is 1.00. The van der Waals surface area contributed by atoms with E-state index in [1.54, 1.807) is 0 Å². The molecule has 1 aliphatic rings. The SMILES string of the molecule is CCCCC1CCC(C(NCCC)C(C)CCC)CC1. The quantitative estimate of drug-likeness (QED) is 0.534. The lowest BCUT2D eigenvalue weighted by Gasteiger charge is -2.37. The molecule has 2 unspecified atom stereocenters. The molecule has 0 aromatic carbocycles. The van der Waals surface area contributed by atoms with E-state index in [9.17, 15) is 0 Å². The Morgan fingerprint density at radius 3 is 2.20 bits per heavy atom. The molecule has 1 N–H and O–H groups in total. The molecule has 0 heterocycles. The maximum atomic E-state index is 3.88. The van der Waals surface area contributed by atoms with Crippen LogP contribution in [0.2, 0.25) is 0 Å². The largest absolute Gasteiger partial charge is 0.313 e. The van der Waals surface area contributed by atoms with Crippen LogP contribution in [0, 0.1) is 17.8 Å². The molecule has 0 aliphatic heterocycles. The van der Waals surface area contributed by atoms with Crippen molar-refractivity contribution in [3.8, 4) is 0 Å². The summed E-state index contributed by atoms with van der Waals surface area (Å²) in [5.41, 5.74) is 0. The van der Waals surface area contributed by atoms with Crippen molar-refractivity contribution in [2.75, 3.05) is 6.54 Å². The molecule has 1 saturated carbocycles. The lowest BCUT2D eigenvalue weighted by Crippen LogP contribution is -2.43. The Morgan fingerprint density at radius 2 is 1.65 bits per heavy atom. The smallest absolute Gasteiger partial charge is 0.0121 e. The average molecular weight is 282 g/mol. The van der Waals surface area contributed by atoms with Gasteiger partial charge in [0.05, 0.1) is 0 Å². The molecule has 120 valence electrons. The van der Waals surface area contributed by atoms with Gasteiger partial charge in [-0.1, -0.05) is 66.2 Å². The van der Waals surface area contributed by atoms with Gasteiger partial charge in [0.25, 0.3) is 0 Å². The molecule has 0 bridgehead atoms. The van der Waals surface area contributed by atoms with Gasteiger partial charge in [-0.3, -0.25) is 0 Å². The van der Waals surface area contributed by atoms with Gasteiger partial charge in [0.2, 0.25) is 0 Å². The van der Waals surface area contributed by atoms with Gasteiger partial charge in [-0.05, 0) is 50.0 Å². The summed E-state index contributed by atoms with van der Waals surface area (Å²) in [4.78, 5) is 0. The molecule has 1 heteroatoms. The normalized spacial score (nSPS) is 26.4. The molecule has 20 heavy (non-hydrogen) atoms. The summed E-state index contributed by atoms with van der Waals surface area (Å²) in [5, 5.41) is 3.88. The van der Waals surface area contributed by atoms with Crippen LogP contribution in [0.15, 0.2) is 0 Å². The summed E-state index contributed by atoms with van der Waals surface area (Å²) in [6.07, 6.45) is 14.2. The Labute approximate surface area is 128 Å². The summed E-state index contributed by atoms with van der Waals surface area (Å²) in [6, 6.07) is 0.780. The molecule has 0 spiro atoms. The molecule has 0 saturated heterocycles. The first-order chi connectivity index (χ1) is 9.72. The highest BCUT2D eigenvalue weighted by Gasteiger charge is 2.29. The molecule has 1 fully saturated rings. The monoisotopic (exact) mass is 281 g/mol. The second-order valence-corrected chi connectivity index (χ2v) is 7.17. The van der Waals surface area contributed by atoms with Crippen molar-refractivity contribution < 1.29 is 0 Å². The summed E-state index contributed by atoms with van der Waals surface area (Å²) in [7, 11) is 0. The summed E-state index contributed by atoms with van der Waals surface area (Å²) < 4.78 is 0. The van der Waals surface area contributed by atoms with Crippen molar-refractivity contribution in [1.82, 2.24) is 5.32 Å². The van der Waals surface area contributed by atoms with E-state index in [2.05, 4.69) is 33.0 Å². The van der Waals surface area contributed by atoms with Crippen molar-refractivity contribution in [2.45, 2.75) is 97.9 Å². The molecule has 2 atom stereocenters. The highest BCUT2D eigenvalue weighted by atomic mass is 14.9. The molecule has 0 radical (unpaired) electrons.